The van der Waals surface area contributed by atoms with Crippen LogP contribution in [0.1, 0.15) is 19.8 Å². The van der Waals surface area contributed by atoms with Crippen molar-refractivity contribution in [3.63, 3.8) is 0 Å². The first-order valence-electron chi connectivity index (χ1n) is 8.17. The molecule has 1 aliphatic heterocycles. The van der Waals surface area contributed by atoms with Crippen LogP contribution < -0.4 is 4.90 Å². The predicted molar refractivity (Wildman–Crippen MR) is 102 cm³/mol. The third kappa shape index (κ3) is 3.58. The minimum Gasteiger partial charge on any atom is -0.356 e. The number of aromatic nitrogens is 1. The van der Waals surface area contributed by atoms with E-state index in [0.717, 1.165) is 47.1 Å². The monoisotopic (exact) mass is 411 g/mol. The van der Waals surface area contributed by atoms with Crippen molar-refractivity contribution >= 4 is 42.7 Å². The number of hydrogen-bond acceptors (Lipinski definition) is 4. The molecule has 0 aliphatic carbocycles. The molecule has 0 spiro atoms. The number of piperidine rings is 1. The highest BCUT2D eigenvalue weighted by Gasteiger charge is 2.29. The topological polar surface area (TPSA) is 53.5 Å². The highest BCUT2D eigenvalue weighted by molar-refractivity contribution is 9.10. The lowest BCUT2D eigenvalue weighted by Crippen LogP contribution is -2.47. The summed E-state index contributed by atoms with van der Waals surface area (Å²) in [6, 6.07) is 10.3. The van der Waals surface area contributed by atoms with Gasteiger partial charge >= 0.3 is 0 Å². The molecule has 1 aromatic carbocycles. The van der Waals surface area contributed by atoms with Crippen LogP contribution in [0.4, 0.5) is 5.82 Å². The Hall–Kier alpha value is -1.18. The lowest BCUT2D eigenvalue weighted by atomic mass is 10.0. The highest BCUT2D eigenvalue weighted by atomic mass is 79.9. The molecule has 0 radical (unpaired) electrons. The van der Waals surface area contributed by atoms with Crippen molar-refractivity contribution in [3.05, 3.63) is 34.8 Å². The van der Waals surface area contributed by atoms with E-state index < -0.39 is 10.0 Å². The number of pyridine rings is 1. The Labute approximate surface area is 151 Å². The molecule has 1 aliphatic rings. The first-order chi connectivity index (χ1) is 11.4. The van der Waals surface area contributed by atoms with Crippen molar-refractivity contribution in [3.8, 4) is 0 Å². The molecule has 1 aromatic heterocycles. The number of sulfonamides is 1. The van der Waals surface area contributed by atoms with Crippen LogP contribution in [-0.2, 0) is 10.0 Å². The summed E-state index contributed by atoms with van der Waals surface area (Å²) in [4.78, 5) is 7.03. The summed E-state index contributed by atoms with van der Waals surface area (Å²) in [5, 5.41) is 1.11. The van der Waals surface area contributed by atoms with Gasteiger partial charge in [-0.05, 0) is 47.0 Å². The molecule has 0 atom stereocenters. The maximum absolute atomic E-state index is 11.9. The zero-order chi connectivity index (χ0) is 17.3. The van der Waals surface area contributed by atoms with Crippen LogP contribution in [0.3, 0.4) is 0 Å². The zero-order valence-electron chi connectivity index (χ0n) is 13.9. The molecule has 2 aromatic rings. The van der Waals surface area contributed by atoms with Crippen molar-refractivity contribution in [2.24, 2.45) is 0 Å². The molecule has 3 rings (SSSR count). The molecule has 1 saturated heterocycles. The van der Waals surface area contributed by atoms with Crippen molar-refractivity contribution in [1.29, 1.82) is 0 Å². The molecule has 7 heteroatoms. The number of hydrogen-bond donors (Lipinski definition) is 0. The smallest absolute Gasteiger partial charge is 0.211 e. The van der Waals surface area contributed by atoms with Gasteiger partial charge in [0.15, 0.2) is 0 Å². The van der Waals surface area contributed by atoms with E-state index in [1.807, 2.05) is 31.2 Å². The highest BCUT2D eigenvalue weighted by Crippen LogP contribution is 2.27. The number of anilines is 1. The number of rotatable bonds is 4. The van der Waals surface area contributed by atoms with Gasteiger partial charge in [0, 0.05) is 35.5 Å². The molecule has 24 heavy (non-hydrogen) atoms. The molecule has 0 bridgehead atoms. The van der Waals surface area contributed by atoms with Crippen molar-refractivity contribution in [2.75, 3.05) is 30.8 Å². The summed E-state index contributed by atoms with van der Waals surface area (Å²) in [5.74, 6) is 0.954. The summed E-state index contributed by atoms with van der Waals surface area (Å²) >= 11 is 3.56. The Morgan fingerprint density at radius 3 is 2.58 bits per heavy atom. The van der Waals surface area contributed by atoms with Crippen LogP contribution in [0.5, 0.6) is 0 Å². The van der Waals surface area contributed by atoms with Gasteiger partial charge in [-0.25, -0.2) is 13.4 Å². The fourth-order valence-electron chi connectivity index (χ4n) is 3.42. The van der Waals surface area contributed by atoms with Crippen molar-refractivity contribution < 1.29 is 8.42 Å². The van der Waals surface area contributed by atoms with Gasteiger partial charge in [0.25, 0.3) is 0 Å². The van der Waals surface area contributed by atoms with E-state index in [1.54, 1.807) is 4.31 Å². The number of nitrogens with zero attached hydrogens (tertiary/aromatic N) is 3. The second-order valence-electron chi connectivity index (χ2n) is 6.17. The lowest BCUT2D eigenvalue weighted by Gasteiger charge is -2.37. The molecular formula is C17H22BrN3O2S. The summed E-state index contributed by atoms with van der Waals surface area (Å²) in [7, 11) is -3.14. The molecule has 0 amide bonds. The van der Waals surface area contributed by atoms with E-state index >= 15 is 0 Å². The Bertz CT molecular complexity index is 833. The van der Waals surface area contributed by atoms with Gasteiger partial charge in [0.2, 0.25) is 10.0 Å². The standard InChI is InChI=1S/C17H22BrN3O2S/c1-3-21(24(2,22)23)14-9-11-20(12-10-14)16-8-7-13-5-4-6-15(18)17(13)19-16/h4-8,14H,3,9-12H2,1-2H3. The van der Waals surface area contributed by atoms with Crippen molar-refractivity contribution in [1.82, 2.24) is 9.29 Å². The van der Waals surface area contributed by atoms with E-state index in [9.17, 15) is 8.42 Å². The van der Waals surface area contributed by atoms with Gasteiger partial charge in [-0.15, -0.1) is 0 Å². The Kier molecular flexibility index (Phi) is 5.13. The first kappa shape index (κ1) is 17.6. The van der Waals surface area contributed by atoms with Gasteiger partial charge in [0.05, 0.1) is 11.8 Å². The number of halogens is 1. The molecule has 2 heterocycles. The van der Waals surface area contributed by atoms with Crippen molar-refractivity contribution in [2.45, 2.75) is 25.8 Å². The number of fused-ring (bicyclic) bond motifs is 1. The van der Waals surface area contributed by atoms with Gasteiger partial charge in [0.1, 0.15) is 5.82 Å². The molecule has 0 N–H and O–H groups in total. The van der Waals surface area contributed by atoms with Gasteiger partial charge in [-0.2, -0.15) is 4.31 Å². The van der Waals surface area contributed by atoms with Crippen LogP contribution in [0, 0.1) is 0 Å². The van der Waals surface area contributed by atoms with Gasteiger partial charge < -0.3 is 4.90 Å². The minimum atomic E-state index is -3.14. The fourth-order valence-corrected chi connectivity index (χ4v) is 5.11. The van der Waals surface area contributed by atoms with E-state index in [0.29, 0.717) is 6.54 Å². The SMILES string of the molecule is CCN(C1CCN(c2ccc3cccc(Br)c3n2)CC1)S(C)(=O)=O. The zero-order valence-corrected chi connectivity index (χ0v) is 16.3. The van der Waals surface area contributed by atoms with Crippen LogP contribution in [-0.4, -0.2) is 49.6 Å². The Balaban J connectivity index is 1.76. The summed E-state index contributed by atoms with van der Waals surface area (Å²) in [5.41, 5.74) is 0.962. The second kappa shape index (κ2) is 6.98. The van der Waals surface area contributed by atoms with E-state index in [1.165, 1.54) is 6.26 Å². The summed E-state index contributed by atoms with van der Waals surface area (Å²) < 4.78 is 26.4. The summed E-state index contributed by atoms with van der Waals surface area (Å²) in [6.45, 7) is 4.07. The average molecular weight is 412 g/mol. The second-order valence-corrected chi connectivity index (χ2v) is 8.95. The third-order valence-electron chi connectivity index (χ3n) is 4.59. The number of para-hydroxylation sites is 1. The molecule has 0 unspecified atom stereocenters. The van der Waals surface area contributed by atoms with Crippen LogP contribution in [0.2, 0.25) is 0 Å². The third-order valence-corrected chi connectivity index (χ3v) is 6.64. The lowest BCUT2D eigenvalue weighted by molar-refractivity contribution is 0.285. The minimum absolute atomic E-state index is 0.0912. The maximum atomic E-state index is 11.9. The molecule has 0 saturated carbocycles. The number of benzene rings is 1. The molecule has 1 fully saturated rings. The van der Waals surface area contributed by atoms with Gasteiger partial charge in [-0.3, -0.25) is 0 Å². The summed E-state index contributed by atoms with van der Waals surface area (Å²) in [6.07, 6.45) is 2.96. The van der Waals surface area contributed by atoms with Crippen LogP contribution in [0.25, 0.3) is 10.9 Å². The van der Waals surface area contributed by atoms with Crippen LogP contribution in [0.15, 0.2) is 34.8 Å². The van der Waals surface area contributed by atoms with E-state index in [2.05, 4.69) is 26.9 Å². The molecule has 5 nitrogen and oxygen atoms in total. The average Bonchev–Trinajstić information content (AvgIpc) is 2.55. The Morgan fingerprint density at radius 2 is 1.96 bits per heavy atom. The maximum Gasteiger partial charge on any atom is 0.211 e. The molecule has 130 valence electrons. The van der Waals surface area contributed by atoms with Crippen LogP contribution >= 0.6 is 15.9 Å². The largest absolute Gasteiger partial charge is 0.356 e. The Morgan fingerprint density at radius 1 is 1.25 bits per heavy atom. The molecular weight excluding hydrogens is 390 g/mol. The first-order valence-corrected chi connectivity index (χ1v) is 10.8. The normalized spacial score (nSPS) is 16.9. The quantitative estimate of drug-likeness (QED) is 0.774. The van der Waals surface area contributed by atoms with E-state index in [4.69, 9.17) is 4.98 Å². The fraction of sp³-hybridized carbons (Fsp3) is 0.471. The van der Waals surface area contributed by atoms with E-state index in [-0.39, 0.29) is 6.04 Å². The predicted octanol–water partition coefficient (Wildman–Crippen LogP) is 3.25. The van der Waals surface area contributed by atoms with Gasteiger partial charge in [-0.1, -0.05) is 19.1 Å².